The van der Waals surface area contributed by atoms with E-state index < -0.39 is 0 Å². The highest BCUT2D eigenvalue weighted by Gasteiger charge is 2.40. The zero-order valence-electron chi connectivity index (χ0n) is 30.3. The summed E-state index contributed by atoms with van der Waals surface area (Å²) in [4.78, 5) is 0. The topological polar surface area (TPSA) is 0 Å². The highest BCUT2D eigenvalue weighted by molar-refractivity contribution is 5.97. The van der Waals surface area contributed by atoms with Crippen LogP contribution in [0.25, 0.3) is 55.7 Å². The van der Waals surface area contributed by atoms with E-state index in [0.717, 1.165) is 12.8 Å². The number of fused-ring (bicyclic) bond motifs is 2. The van der Waals surface area contributed by atoms with Crippen molar-refractivity contribution in [2.45, 2.75) is 44.9 Å². The van der Waals surface area contributed by atoms with E-state index in [1.807, 2.05) is 0 Å². The van der Waals surface area contributed by atoms with E-state index in [1.54, 1.807) is 5.57 Å². The molecule has 0 bridgehead atoms. The van der Waals surface area contributed by atoms with E-state index in [9.17, 15) is 0 Å². The minimum absolute atomic E-state index is 0.112. The van der Waals surface area contributed by atoms with Gasteiger partial charge < -0.3 is 0 Å². The molecule has 0 N–H and O–H groups in total. The number of allylic oxidation sites excluding steroid dienone is 8. The average Bonchev–Trinajstić information content (AvgIpc) is 3.43. The summed E-state index contributed by atoms with van der Waals surface area (Å²) in [5.74, 6) is 0.855. The Morgan fingerprint density at radius 3 is 1.69 bits per heavy atom. The first kappa shape index (κ1) is 32.2. The second-order valence-corrected chi connectivity index (χ2v) is 15.3. The fourth-order valence-electron chi connectivity index (χ4n) is 8.96. The van der Waals surface area contributed by atoms with Crippen molar-refractivity contribution < 1.29 is 0 Å². The Balaban J connectivity index is 1.14. The summed E-state index contributed by atoms with van der Waals surface area (Å²) in [6.07, 6.45) is 14.2. The van der Waals surface area contributed by atoms with Crippen LogP contribution >= 0.6 is 0 Å². The lowest BCUT2D eigenvalue weighted by Crippen LogP contribution is -2.20. The Bertz CT molecular complexity index is 2360. The minimum atomic E-state index is -0.112. The van der Waals surface area contributed by atoms with Gasteiger partial charge >= 0.3 is 0 Å². The first-order valence-corrected chi connectivity index (χ1v) is 18.9. The predicted molar refractivity (Wildman–Crippen MR) is 222 cm³/mol. The summed E-state index contributed by atoms with van der Waals surface area (Å²) in [5.41, 5.74) is 20.0. The average molecular weight is 669 g/mol. The first-order valence-electron chi connectivity index (χ1n) is 18.9. The number of hydrogen-bond acceptors (Lipinski definition) is 0. The quantitative estimate of drug-likeness (QED) is 0.166. The molecule has 0 heteroatoms. The van der Waals surface area contributed by atoms with Gasteiger partial charge in [0.25, 0.3) is 0 Å². The Labute approximate surface area is 309 Å². The fourth-order valence-corrected chi connectivity index (χ4v) is 8.96. The maximum atomic E-state index is 2.51. The lowest BCUT2D eigenvalue weighted by atomic mass is 9.72. The molecule has 0 heterocycles. The zero-order valence-corrected chi connectivity index (χ0v) is 30.3. The molecule has 6 aromatic rings. The zero-order chi connectivity index (χ0) is 35.2. The first-order chi connectivity index (χ1) is 25.5. The van der Waals surface area contributed by atoms with Crippen LogP contribution in [-0.2, 0) is 5.41 Å². The third kappa shape index (κ3) is 5.55. The van der Waals surface area contributed by atoms with E-state index >= 15 is 0 Å². The Hall–Kier alpha value is -5.72. The van der Waals surface area contributed by atoms with Crippen LogP contribution in [0.3, 0.4) is 0 Å². The van der Waals surface area contributed by atoms with Crippen molar-refractivity contribution in [3.63, 3.8) is 0 Å². The summed E-state index contributed by atoms with van der Waals surface area (Å²) < 4.78 is 0. The molecule has 0 nitrogen and oxygen atoms in total. The molecule has 0 fully saturated rings. The van der Waals surface area contributed by atoms with Gasteiger partial charge in [0, 0.05) is 11.3 Å². The second kappa shape index (κ2) is 13.1. The lowest BCUT2D eigenvalue weighted by Gasteiger charge is -2.31. The molecule has 0 saturated carbocycles. The summed E-state index contributed by atoms with van der Waals surface area (Å²) in [7, 11) is 0. The van der Waals surface area contributed by atoms with Crippen LogP contribution in [0.2, 0.25) is 0 Å². The molecule has 52 heavy (non-hydrogen) atoms. The van der Waals surface area contributed by atoms with Crippen molar-refractivity contribution in [2.75, 3.05) is 0 Å². The SMILES string of the molecule is CC1C=CC(c2cccc(-c3ccccc3)c2C2C=CC3=C(C2)C(C)(C)c2cc(-c4c(-c5ccccc5)cccc4-c4ccccc4)ccc23)=CC1. The summed E-state index contributed by atoms with van der Waals surface area (Å²) in [6.45, 7) is 7.21. The van der Waals surface area contributed by atoms with Gasteiger partial charge in [-0.1, -0.05) is 196 Å². The molecule has 3 aliphatic carbocycles. The van der Waals surface area contributed by atoms with Crippen LogP contribution in [0.1, 0.15) is 61.8 Å². The van der Waals surface area contributed by atoms with Crippen LogP contribution in [0.5, 0.6) is 0 Å². The molecular formula is C52H44. The monoisotopic (exact) mass is 668 g/mol. The molecule has 0 spiro atoms. The summed E-state index contributed by atoms with van der Waals surface area (Å²) >= 11 is 0. The molecule has 0 saturated heterocycles. The van der Waals surface area contributed by atoms with Gasteiger partial charge in [-0.2, -0.15) is 0 Å². The van der Waals surface area contributed by atoms with Gasteiger partial charge in [-0.3, -0.25) is 0 Å². The van der Waals surface area contributed by atoms with E-state index in [1.165, 1.54) is 77.9 Å². The minimum Gasteiger partial charge on any atom is -0.0808 e. The van der Waals surface area contributed by atoms with Crippen LogP contribution < -0.4 is 0 Å². The molecule has 252 valence electrons. The summed E-state index contributed by atoms with van der Waals surface area (Å²) in [6, 6.07) is 53.7. The molecule has 0 amide bonds. The number of hydrogen-bond donors (Lipinski definition) is 0. The normalized spacial score (nSPS) is 18.6. The van der Waals surface area contributed by atoms with Crippen molar-refractivity contribution in [1.29, 1.82) is 0 Å². The Morgan fingerprint density at radius 1 is 0.519 bits per heavy atom. The molecule has 3 aliphatic rings. The van der Waals surface area contributed by atoms with Crippen molar-refractivity contribution >= 4 is 11.1 Å². The van der Waals surface area contributed by atoms with Gasteiger partial charge in [-0.05, 0) is 103 Å². The largest absolute Gasteiger partial charge is 0.0808 e. The third-order valence-electron chi connectivity index (χ3n) is 11.7. The molecule has 0 aliphatic heterocycles. The molecule has 6 aromatic carbocycles. The second-order valence-electron chi connectivity index (χ2n) is 15.3. The van der Waals surface area contributed by atoms with Crippen LogP contribution in [0.15, 0.2) is 182 Å². The smallest absolute Gasteiger partial charge is 0.0121 e. The maximum absolute atomic E-state index is 2.51. The number of rotatable bonds is 6. The van der Waals surface area contributed by atoms with Crippen molar-refractivity contribution in [2.24, 2.45) is 5.92 Å². The van der Waals surface area contributed by atoms with Crippen LogP contribution in [0, 0.1) is 5.92 Å². The predicted octanol–water partition coefficient (Wildman–Crippen LogP) is 14.1. The molecule has 2 atom stereocenters. The van der Waals surface area contributed by atoms with Crippen molar-refractivity contribution in [3.8, 4) is 44.5 Å². The van der Waals surface area contributed by atoms with Gasteiger partial charge in [0.2, 0.25) is 0 Å². The van der Waals surface area contributed by atoms with E-state index in [-0.39, 0.29) is 11.3 Å². The highest BCUT2D eigenvalue weighted by atomic mass is 14.4. The molecule has 9 rings (SSSR count). The van der Waals surface area contributed by atoms with E-state index in [4.69, 9.17) is 0 Å². The van der Waals surface area contributed by atoms with Gasteiger partial charge in [0.05, 0.1) is 0 Å². The standard InChI is InChI=1S/C52H44/c1-35-25-27-39(28-26-35)45-24-14-23-44(38-19-11-6-12-20-38)51(45)41-30-32-47-46-31-29-40(33-48(46)52(2,3)49(47)34-41)50-42(36-15-7-4-8-16-36)21-13-22-43(50)37-17-9-5-10-18-37/h4-25,27-33,35,41H,26,34H2,1-3H3. The van der Waals surface area contributed by atoms with Gasteiger partial charge in [-0.15, -0.1) is 0 Å². The van der Waals surface area contributed by atoms with Gasteiger partial charge in [0.15, 0.2) is 0 Å². The number of benzene rings is 6. The van der Waals surface area contributed by atoms with Crippen LogP contribution in [-0.4, -0.2) is 0 Å². The molecule has 0 aromatic heterocycles. The third-order valence-corrected chi connectivity index (χ3v) is 11.7. The maximum Gasteiger partial charge on any atom is 0.0121 e. The van der Waals surface area contributed by atoms with Crippen LogP contribution in [0.4, 0.5) is 0 Å². The molecule has 2 unspecified atom stereocenters. The van der Waals surface area contributed by atoms with Crippen molar-refractivity contribution in [1.82, 2.24) is 0 Å². The summed E-state index contributed by atoms with van der Waals surface area (Å²) in [5, 5.41) is 0. The fraction of sp³-hybridized carbons (Fsp3) is 0.154. The van der Waals surface area contributed by atoms with Gasteiger partial charge in [-0.25, -0.2) is 0 Å². The highest BCUT2D eigenvalue weighted by Crippen LogP contribution is 2.55. The van der Waals surface area contributed by atoms with E-state index in [0.29, 0.717) is 5.92 Å². The van der Waals surface area contributed by atoms with Crippen molar-refractivity contribution in [3.05, 3.63) is 204 Å². The van der Waals surface area contributed by atoms with E-state index in [2.05, 4.69) is 197 Å². The molecule has 0 radical (unpaired) electrons. The van der Waals surface area contributed by atoms with Gasteiger partial charge in [0.1, 0.15) is 0 Å². The lowest BCUT2D eigenvalue weighted by molar-refractivity contribution is 0.591. The Kier molecular flexibility index (Phi) is 8.12. The Morgan fingerprint density at radius 2 is 1.10 bits per heavy atom. The molecular weight excluding hydrogens is 625 g/mol.